The molecule has 0 unspecified atom stereocenters. The van der Waals surface area contributed by atoms with Crippen LogP contribution in [0.4, 0.5) is 5.69 Å². The van der Waals surface area contributed by atoms with Crippen molar-refractivity contribution in [2.75, 3.05) is 5.32 Å². The zero-order valence-corrected chi connectivity index (χ0v) is 14.3. The van der Waals surface area contributed by atoms with E-state index in [4.69, 9.17) is 0 Å². The van der Waals surface area contributed by atoms with E-state index >= 15 is 0 Å². The Morgan fingerprint density at radius 3 is 2.27 bits per heavy atom. The second kappa shape index (κ2) is 6.76. The third-order valence-electron chi connectivity index (χ3n) is 4.16. The highest BCUT2D eigenvalue weighted by Gasteiger charge is 2.16. The summed E-state index contributed by atoms with van der Waals surface area (Å²) in [7, 11) is 0. The first-order chi connectivity index (χ1) is 12.7. The Balaban J connectivity index is 1.82. The van der Waals surface area contributed by atoms with E-state index in [9.17, 15) is 4.79 Å². The fourth-order valence-electron chi connectivity index (χ4n) is 2.79. The molecule has 1 heterocycles. The van der Waals surface area contributed by atoms with Gasteiger partial charge in [0.2, 0.25) is 0 Å². The predicted octanol–water partition coefficient (Wildman–Crippen LogP) is 4.86. The van der Waals surface area contributed by atoms with Gasteiger partial charge in [0.1, 0.15) is 5.69 Å². The van der Waals surface area contributed by atoms with Crippen LogP contribution in [0.15, 0.2) is 78.9 Å². The molecule has 0 aliphatic heterocycles. The Morgan fingerprint density at radius 2 is 1.50 bits per heavy atom. The summed E-state index contributed by atoms with van der Waals surface area (Å²) in [5.74, 6) is 0.296. The summed E-state index contributed by atoms with van der Waals surface area (Å²) in [6.07, 6.45) is 0. The van der Waals surface area contributed by atoms with Gasteiger partial charge in [0.15, 0.2) is 5.82 Å². The molecule has 0 saturated heterocycles. The molecule has 26 heavy (non-hydrogen) atoms. The average molecular weight is 339 g/mol. The molecular weight excluding hydrogens is 322 g/mol. The Morgan fingerprint density at radius 1 is 0.808 bits per heavy atom. The number of anilines is 1. The second-order valence-electron chi connectivity index (χ2n) is 6.10. The summed E-state index contributed by atoms with van der Waals surface area (Å²) < 4.78 is 0. The second-order valence-corrected chi connectivity index (χ2v) is 6.10. The first-order valence-electron chi connectivity index (χ1n) is 8.41. The highest BCUT2D eigenvalue weighted by atomic mass is 16.1. The third kappa shape index (κ3) is 3.17. The van der Waals surface area contributed by atoms with Crippen molar-refractivity contribution < 1.29 is 4.79 Å². The van der Waals surface area contributed by atoms with Crippen LogP contribution in [0, 0.1) is 6.92 Å². The van der Waals surface area contributed by atoms with Gasteiger partial charge >= 0.3 is 0 Å². The maximum Gasteiger partial charge on any atom is 0.275 e. The van der Waals surface area contributed by atoms with Gasteiger partial charge in [-0.1, -0.05) is 66.2 Å². The molecule has 0 atom stereocenters. The van der Waals surface area contributed by atoms with Crippen LogP contribution in [-0.2, 0) is 0 Å². The van der Waals surface area contributed by atoms with E-state index in [1.54, 1.807) is 0 Å². The molecule has 4 rings (SSSR count). The van der Waals surface area contributed by atoms with Gasteiger partial charge in [-0.25, -0.2) is 9.97 Å². The molecule has 1 N–H and O–H groups in total. The summed E-state index contributed by atoms with van der Waals surface area (Å²) in [4.78, 5) is 22.1. The normalized spacial score (nSPS) is 10.7. The Bertz CT molecular complexity index is 1070. The van der Waals surface area contributed by atoms with Crippen molar-refractivity contribution in [1.82, 2.24) is 9.97 Å². The Kier molecular flexibility index (Phi) is 4.15. The van der Waals surface area contributed by atoms with Crippen molar-refractivity contribution >= 4 is 22.5 Å². The lowest BCUT2D eigenvalue weighted by atomic mass is 10.1. The monoisotopic (exact) mass is 339 g/mol. The van der Waals surface area contributed by atoms with Crippen molar-refractivity contribution in [2.24, 2.45) is 0 Å². The SMILES string of the molecule is Cc1ccc(-c2nc(C(=O)Nc3ccccc3)c3ccccc3n2)cc1. The molecule has 4 heteroatoms. The van der Waals surface area contributed by atoms with Crippen LogP contribution in [0.5, 0.6) is 0 Å². The number of aryl methyl sites for hydroxylation is 1. The maximum atomic E-state index is 12.9. The summed E-state index contributed by atoms with van der Waals surface area (Å²) in [5, 5.41) is 3.64. The van der Waals surface area contributed by atoms with Gasteiger partial charge in [-0.15, -0.1) is 0 Å². The van der Waals surface area contributed by atoms with Crippen molar-refractivity contribution in [3.8, 4) is 11.4 Å². The van der Waals surface area contributed by atoms with Crippen LogP contribution < -0.4 is 5.32 Å². The number of rotatable bonds is 3. The molecule has 1 amide bonds. The molecule has 4 aromatic rings. The van der Waals surface area contributed by atoms with Gasteiger partial charge < -0.3 is 5.32 Å². The highest BCUT2D eigenvalue weighted by molar-refractivity contribution is 6.11. The molecule has 0 bridgehead atoms. The number of amides is 1. The maximum absolute atomic E-state index is 12.9. The third-order valence-corrected chi connectivity index (χ3v) is 4.16. The van der Waals surface area contributed by atoms with Crippen molar-refractivity contribution in [1.29, 1.82) is 0 Å². The Labute approximate surface area is 151 Å². The topological polar surface area (TPSA) is 54.9 Å². The zero-order valence-electron chi connectivity index (χ0n) is 14.3. The standard InChI is InChI=1S/C22H17N3O/c1-15-11-13-16(14-12-15)21-24-19-10-6-5-9-18(19)20(25-21)22(26)23-17-7-3-2-4-8-17/h2-14H,1H3,(H,23,26). The quantitative estimate of drug-likeness (QED) is 0.580. The highest BCUT2D eigenvalue weighted by Crippen LogP contribution is 2.23. The minimum Gasteiger partial charge on any atom is -0.321 e. The largest absolute Gasteiger partial charge is 0.321 e. The number of nitrogens with one attached hydrogen (secondary N) is 1. The fourth-order valence-corrected chi connectivity index (χ4v) is 2.79. The van der Waals surface area contributed by atoms with E-state index in [1.165, 1.54) is 0 Å². The van der Waals surface area contributed by atoms with Crippen LogP contribution in [0.2, 0.25) is 0 Å². The molecule has 0 spiro atoms. The summed E-state index contributed by atoms with van der Waals surface area (Å²) in [6.45, 7) is 2.03. The number of aromatic nitrogens is 2. The molecule has 4 nitrogen and oxygen atoms in total. The van der Waals surface area contributed by atoms with Crippen LogP contribution in [0.1, 0.15) is 16.1 Å². The number of hydrogen-bond donors (Lipinski definition) is 1. The lowest BCUT2D eigenvalue weighted by molar-refractivity contribution is 0.102. The van der Waals surface area contributed by atoms with Gasteiger partial charge in [-0.2, -0.15) is 0 Å². The van der Waals surface area contributed by atoms with E-state index in [2.05, 4.69) is 15.3 Å². The molecule has 126 valence electrons. The average Bonchev–Trinajstić information content (AvgIpc) is 2.68. The molecule has 1 aromatic heterocycles. The predicted molar refractivity (Wildman–Crippen MR) is 104 cm³/mol. The molecule has 0 saturated carbocycles. The molecule has 0 fully saturated rings. The number of nitrogens with zero attached hydrogens (tertiary/aromatic N) is 2. The van der Waals surface area contributed by atoms with E-state index < -0.39 is 0 Å². The van der Waals surface area contributed by atoms with Crippen LogP contribution >= 0.6 is 0 Å². The first-order valence-corrected chi connectivity index (χ1v) is 8.41. The fraction of sp³-hybridized carbons (Fsp3) is 0.0455. The number of para-hydroxylation sites is 2. The van der Waals surface area contributed by atoms with E-state index in [0.29, 0.717) is 11.5 Å². The van der Waals surface area contributed by atoms with Gasteiger partial charge in [0.05, 0.1) is 5.52 Å². The minimum absolute atomic E-state index is 0.247. The van der Waals surface area contributed by atoms with E-state index in [0.717, 1.165) is 27.7 Å². The Hall–Kier alpha value is -3.53. The zero-order chi connectivity index (χ0) is 17.9. The number of fused-ring (bicyclic) bond motifs is 1. The molecule has 0 radical (unpaired) electrons. The number of benzene rings is 3. The minimum atomic E-state index is -0.247. The first kappa shape index (κ1) is 16.0. The lowest BCUT2D eigenvalue weighted by Crippen LogP contribution is -2.15. The number of hydrogen-bond acceptors (Lipinski definition) is 3. The van der Waals surface area contributed by atoms with Gasteiger partial charge in [0, 0.05) is 16.6 Å². The van der Waals surface area contributed by atoms with Crippen LogP contribution in [0.3, 0.4) is 0 Å². The van der Waals surface area contributed by atoms with Crippen molar-refractivity contribution in [3.05, 3.63) is 90.1 Å². The molecule has 0 aliphatic rings. The molecular formula is C22H17N3O. The van der Waals surface area contributed by atoms with Crippen molar-refractivity contribution in [3.63, 3.8) is 0 Å². The van der Waals surface area contributed by atoms with Gasteiger partial charge in [0.25, 0.3) is 5.91 Å². The van der Waals surface area contributed by atoms with Crippen molar-refractivity contribution in [2.45, 2.75) is 6.92 Å². The van der Waals surface area contributed by atoms with E-state index in [-0.39, 0.29) is 5.91 Å². The summed E-state index contributed by atoms with van der Waals surface area (Å²) in [6, 6.07) is 24.9. The van der Waals surface area contributed by atoms with E-state index in [1.807, 2.05) is 85.8 Å². The smallest absolute Gasteiger partial charge is 0.275 e. The molecule has 3 aromatic carbocycles. The van der Waals surface area contributed by atoms with Gasteiger partial charge in [-0.3, -0.25) is 4.79 Å². The summed E-state index contributed by atoms with van der Waals surface area (Å²) in [5.41, 5.74) is 3.90. The van der Waals surface area contributed by atoms with Gasteiger partial charge in [-0.05, 0) is 25.1 Å². The lowest BCUT2D eigenvalue weighted by Gasteiger charge is -2.10. The number of carbonyl (C=O) groups is 1. The number of carbonyl (C=O) groups excluding carboxylic acids is 1. The molecule has 0 aliphatic carbocycles. The van der Waals surface area contributed by atoms with Crippen LogP contribution in [0.25, 0.3) is 22.3 Å². The summed E-state index contributed by atoms with van der Waals surface area (Å²) >= 11 is 0. The van der Waals surface area contributed by atoms with Crippen LogP contribution in [-0.4, -0.2) is 15.9 Å².